The molecule has 1 amide bonds. The maximum Gasteiger partial charge on any atom is 0.300 e. The van der Waals surface area contributed by atoms with Crippen LogP contribution in [0.4, 0.5) is 5.69 Å². The first-order chi connectivity index (χ1) is 17.9. The van der Waals surface area contributed by atoms with E-state index in [-0.39, 0.29) is 16.7 Å². The van der Waals surface area contributed by atoms with Gasteiger partial charge < -0.3 is 9.84 Å². The molecule has 1 heterocycles. The average molecular weight is 512 g/mol. The summed E-state index contributed by atoms with van der Waals surface area (Å²) in [5.74, 6) is -0.426. The van der Waals surface area contributed by atoms with Gasteiger partial charge in [-0.05, 0) is 72.2 Å². The van der Waals surface area contributed by atoms with E-state index in [0.717, 1.165) is 16.7 Å². The molecular formula is C33H37NO4. The molecule has 3 aromatic rings. The predicted molar refractivity (Wildman–Crippen MR) is 153 cm³/mol. The number of Topliss-reactive ketones (excluding diaryl/α,β-unsaturated/α-hetero) is 1. The maximum atomic E-state index is 13.6. The lowest BCUT2D eigenvalue weighted by atomic mass is 9.84. The van der Waals surface area contributed by atoms with Crippen LogP contribution in [0, 0.1) is 19.8 Å². The summed E-state index contributed by atoms with van der Waals surface area (Å²) in [7, 11) is 0. The Morgan fingerprint density at radius 2 is 1.58 bits per heavy atom. The fourth-order valence-corrected chi connectivity index (χ4v) is 4.62. The van der Waals surface area contributed by atoms with Crippen LogP contribution in [-0.2, 0) is 15.0 Å². The number of anilines is 1. The molecule has 0 radical (unpaired) electrons. The minimum atomic E-state index is -0.783. The summed E-state index contributed by atoms with van der Waals surface area (Å²) < 4.78 is 5.85. The van der Waals surface area contributed by atoms with Crippen LogP contribution < -0.4 is 9.64 Å². The summed E-state index contributed by atoms with van der Waals surface area (Å²) in [6, 6.07) is 20.0. The summed E-state index contributed by atoms with van der Waals surface area (Å²) in [5, 5.41) is 11.7. The number of nitrogens with zero attached hydrogens (tertiary/aromatic N) is 1. The largest absolute Gasteiger partial charge is 0.507 e. The molecule has 1 fully saturated rings. The lowest BCUT2D eigenvalue weighted by Gasteiger charge is -2.26. The number of aryl methyl sites for hydroxylation is 2. The van der Waals surface area contributed by atoms with E-state index in [1.165, 1.54) is 4.90 Å². The number of carbonyl (C=O) groups is 2. The normalized spacial score (nSPS) is 17.4. The van der Waals surface area contributed by atoms with Crippen LogP contribution >= 0.6 is 0 Å². The third-order valence-corrected chi connectivity index (χ3v) is 6.89. The van der Waals surface area contributed by atoms with Crippen molar-refractivity contribution in [1.29, 1.82) is 0 Å². The number of hydrogen-bond donors (Lipinski definition) is 1. The van der Waals surface area contributed by atoms with Gasteiger partial charge in [-0.3, -0.25) is 14.5 Å². The first kappa shape index (κ1) is 27.2. The molecule has 0 aliphatic carbocycles. The maximum absolute atomic E-state index is 13.6. The number of aliphatic hydroxyl groups excluding tert-OH is 1. The second-order valence-corrected chi connectivity index (χ2v) is 11.6. The molecule has 5 nitrogen and oxygen atoms in total. The molecule has 1 unspecified atom stereocenters. The van der Waals surface area contributed by atoms with Crippen LogP contribution in [0.15, 0.2) is 72.3 Å². The Bertz CT molecular complexity index is 1380. The summed E-state index contributed by atoms with van der Waals surface area (Å²) >= 11 is 0. The zero-order chi connectivity index (χ0) is 27.8. The number of hydrogen-bond acceptors (Lipinski definition) is 4. The van der Waals surface area contributed by atoms with Gasteiger partial charge in [0.2, 0.25) is 0 Å². The molecule has 1 aliphatic heterocycles. The number of rotatable bonds is 6. The van der Waals surface area contributed by atoms with Gasteiger partial charge in [-0.25, -0.2) is 0 Å². The number of aliphatic hydroxyl groups is 1. The topological polar surface area (TPSA) is 66.8 Å². The van der Waals surface area contributed by atoms with E-state index in [2.05, 4.69) is 34.6 Å². The van der Waals surface area contributed by atoms with Gasteiger partial charge in [0.1, 0.15) is 11.5 Å². The minimum Gasteiger partial charge on any atom is -0.507 e. The van der Waals surface area contributed by atoms with Gasteiger partial charge in [-0.1, -0.05) is 76.6 Å². The summed E-state index contributed by atoms with van der Waals surface area (Å²) in [6.45, 7) is 14.9. The van der Waals surface area contributed by atoms with Gasteiger partial charge in [0.15, 0.2) is 0 Å². The molecule has 4 rings (SSSR count). The predicted octanol–water partition coefficient (Wildman–Crippen LogP) is 7.26. The van der Waals surface area contributed by atoms with Crippen molar-refractivity contribution in [2.75, 3.05) is 11.5 Å². The molecule has 0 saturated carbocycles. The van der Waals surface area contributed by atoms with E-state index in [9.17, 15) is 14.7 Å². The molecule has 3 aromatic carbocycles. The van der Waals surface area contributed by atoms with Gasteiger partial charge in [-0.15, -0.1) is 0 Å². The van der Waals surface area contributed by atoms with Crippen LogP contribution in [0.1, 0.15) is 68.5 Å². The van der Waals surface area contributed by atoms with Crippen LogP contribution in [0.3, 0.4) is 0 Å². The van der Waals surface area contributed by atoms with Crippen molar-refractivity contribution in [1.82, 2.24) is 0 Å². The van der Waals surface area contributed by atoms with Gasteiger partial charge in [0.25, 0.3) is 11.7 Å². The highest BCUT2D eigenvalue weighted by molar-refractivity contribution is 6.51. The fraction of sp³-hybridized carbons (Fsp3) is 0.333. The molecule has 198 valence electrons. The monoisotopic (exact) mass is 511 g/mol. The quantitative estimate of drug-likeness (QED) is 0.215. The summed E-state index contributed by atoms with van der Waals surface area (Å²) in [5.41, 5.74) is 4.70. The molecule has 1 saturated heterocycles. The lowest BCUT2D eigenvalue weighted by molar-refractivity contribution is -0.132. The minimum absolute atomic E-state index is 0.0839. The van der Waals surface area contributed by atoms with Crippen molar-refractivity contribution in [2.45, 2.75) is 59.9 Å². The molecule has 1 atom stereocenters. The standard InChI is InChI=1S/C33H37NO4/c1-20(2)19-38-26-16-11-23(12-17-26)29-28(30(35)27-18-24(33(5,6)7)13-10-22(27)4)31(36)32(37)34(29)25-14-8-21(3)9-15-25/h8-18,20,29,35H,19H2,1-7H3/b30-28+. The molecule has 0 aromatic heterocycles. The summed E-state index contributed by atoms with van der Waals surface area (Å²) in [6.07, 6.45) is 0. The Balaban J connectivity index is 1.90. The first-order valence-corrected chi connectivity index (χ1v) is 13.1. The van der Waals surface area contributed by atoms with Crippen molar-refractivity contribution >= 4 is 23.1 Å². The number of benzene rings is 3. The van der Waals surface area contributed by atoms with Crippen molar-refractivity contribution in [2.24, 2.45) is 5.92 Å². The first-order valence-electron chi connectivity index (χ1n) is 13.1. The van der Waals surface area contributed by atoms with Crippen LogP contribution in [-0.4, -0.2) is 23.4 Å². The van der Waals surface area contributed by atoms with Crippen molar-refractivity contribution in [3.05, 3.63) is 100 Å². The van der Waals surface area contributed by atoms with Crippen LogP contribution in [0.5, 0.6) is 5.75 Å². The number of amides is 1. The SMILES string of the molecule is Cc1ccc(N2C(=O)C(=O)/C(=C(/O)c3cc(C(C)(C)C)ccc3C)C2c2ccc(OCC(C)C)cc2)cc1. The number of ether oxygens (including phenoxy) is 1. The zero-order valence-corrected chi connectivity index (χ0v) is 23.3. The van der Waals surface area contributed by atoms with E-state index in [1.807, 2.05) is 80.6 Å². The Morgan fingerprint density at radius 1 is 0.947 bits per heavy atom. The number of carbonyl (C=O) groups excluding carboxylic acids is 2. The number of ketones is 1. The third-order valence-electron chi connectivity index (χ3n) is 6.89. The van der Waals surface area contributed by atoms with Crippen molar-refractivity contribution in [3.8, 4) is 5.75 Å². The van der Waals surface area contributed by atoms with Crippen molar-refractivity contribution in [3.63, 3.8) is 0 Å². The second kappa shape index (κ2) is 10.5. The van der Waals surface area contributed by atoms with Crippen molar-refractivity contribution < 1.29 is 19.4 Å². The fourth-order valence-electron chi connectivity index (χ4n) is 4.62. The van der Waals surface area contributed by atoms with E-state index in [0.29, 0.717) is 35.1 Å². The molecule has 0 spiro atoms. The Labute approximate surface area is 225 Å². The Morgan fingerprint density at radius 3 is 2.16 bits per heavy atom. The Hall–Kier alpha value is -3.86. The molecule has 1 aliphatic rings. The zero-order valence-electron chi connectivity index (χ0n) is 23.3. The summed E-state index contributed by atoms with van der Waals surface area (Å²) in [4.78, 5) is 28.5. The van der Waals surface area contributed by atoms with Gasteiger partial charge in [0, 0.05) is 11.3 Å². The lowest BCUT2D eigenvalue weighted by Crippen LogP contribution is -2.29. The highest BCUT2D eigenvalue weighted by Gasteiger charge is 2.47. The van der Waals surface area contributed by atoms with E-state index in [4.69, 9.17) is 4.74 Å². The third kappa shape index (κ3) is 5.38. The van der Waals surface area contributed by atoms with Crippen LogP contribution in [0.2, 0.25) is 0 Å². The highest BCUT2D eigenvalue weighted by Crippen LogP contribution is 2.43. The smallest absolute Gasteiger partial charge is 0.300 e. The molecule has 38 heavy (non-hydrogen) atoms. The van der Waals surface area contributed by atoms with Gasteiger partial charge >= 0.3 is 0 Å². The van der Waals surface area contributed by atoms with Gasteiger partial charge in [-0.2, -0.15) is 0 Å². The van der Waals surface area contributed by atoms with E-state index >= 15 is 0 Å². The Kier molecular flexibility index (Phi) is 7.50. The van der Waals surface area contributed by atoms with E-state index in [1.54, 1.807) is 0 Å². The van der Waals surface area contributed by atoms with E-state index < -0.39 is 17.7 Å². The average Bonchev–Trinajstić information content (AvgIpc) is 3.13. The highest BCUT2D eigenvalue weighted by atomic mass is 16.5. The molecule has 0 bridgehead atoms. The molecular weight excluding hydrogens is 474 g/mol. The van der Waals surface area contributed by atoms with Crippen LogP contribution in [0.25, 0.3) is 5.76 Å². The molecule has 5 heteroatoms. The van der Waals surface area contributed by atoms with Gasteiger partial charge in [0.05, 0.1) is 18.2 Å². The second-order valence-electron chi connectivity index (χ2n) is 11.6. The molecule has 1 N–H and O–H groups in total.